The molecule has 1 amide bonds. The molecule has 2 aromatic carbocycles. The summed E-state index contributed by atoms with van der Waals surface area (Å²) in [4.78, 5) is 12.8. The molecule has 29 heavy (non-hydrogen) atoms. The molecule has 0 aliphatic carbocycles. The van der Waals surface area contributed by atoms with E-state index in [-0.39, 0.29) is 17.9 Å². The standard InChI is InChI=1S/C22H24N6O/c1-15-8-7-9-16(12-15)28-20(13-19(25-28)22(2,3)4)23-21(29)14-27-18-11-6-5-10-17(18)24-26-27/h5-13H,14H2,1-4H3,(H,23,29). The van der Waals surface area contributed by atoms with Crippen LogP contribution in [-0.2, 0) is 16.8 Å². The van der Waals surface area contributed by atoms with Crippen LogP contribution in [0.1, 0.15) is 32.0 Å². The van der Waals surface area contributed by atoms with E-state index in [4.69, 9.17) is 5.10 Å². The van der Waals surface area contributed by atoms with Crippen LogP contribution in [0.2, 0.25) is 0 Å². The maximum atomic E-state index is 12.8. The zero-order valence-electron chi connectivity index (χ0n) is 17.0. The Kier molecular flexibility index (Phi) is 4.66. The summed E-state index contributed by atoms with van der Waals surface area (Å²) in [7, 11) is 0. The van der Waals surface area contributed by atoms with Gasteiger partial charge >= 0.3 is 0 Å². The molecule has 0 fully saturated rings. The van der Waals surface area contributed by atoms with Crippen molar-refractivity contribution in [2.24, 2.45) is 0 Å². The lowest BCUT2D eigenvalue weighted by Gasteiger charge is -2.14. The number of anilines is 1. The first-order chi connectivity index (χ1) is 13.8. The van der Waals surface area contributed by atoms with Crippen molar-refractivity contribution in [3.8, 4) is 5.69 Å². The predicted octanol–water partition coefficient (Wildman–Crippen LogP) is 3.86. The van der Waals surface area contributed by atoms with E-state index in [1.54, 1.807) is 9.36 Å². The van der Waals surface area contributed by atoms with E-state index >= 15 is 0 Å². The van der Waals surface area contributed by atoms with Gasteiger partial charge in [-0.05, 0) is 36.8 Å². The largest absolute Gasteiger partial charge is 0.309 e. The SMILES string of the molecule is Cc1cccc(-n2nc(C(C)(C)C)cc2NC(=O)Cn2nnc3ccccc32)c1. The molecule has 0 atom stereocenters. The molecule has 0 radical (unpaired) electrons. The van der Waals surface area contributed by atoms with Crippen LogP contribution >= 0.6 is 0 Å². The van der Waals surface area contributed by atoms with Crippen LogP contribution in [0, 0.1) is 6.92 Å². The van der Waals surface area contributed by atoms with Crippen LogP contribution in [-0.4, -0.2) is 30.7 Å². The highest BCUT2D eigenvalue weighted by Gasteiger charge is 2.22. The lowest BCUT2D eigenvalue weighted by Crippen LogP contribution is -2.21. The number of benzene rings is 2. The van der Waals surface area contributed by atoms with Gasteiger partial charge in [-0.25, -0.2) is 9.36 Å². The molecule has 0 bridgehead atoms. The van der Waals surface area contributed by atoms with Crippen molar-refractivity contribution in [3.63, 3.8) is 0 Å². The second-order valence-electron chi connectivity index (χ2n) is 8.20. The number of para-hydroxylation sites is 1. The maximum absolute atomic E-state index is 12.8. The van der Waals surface area contributed by atoms with Gasteiger partial charge in [0, 0.05) is 11.5 Å². The molecule has 7 nitrogen and oxygen atoms in total. The second-order valence-corrected chi connectivity index (χ2v) is 8.20. The molecular weight excluding hydrogens is 364 g/mol. The van der Waals surface area contributed by atoms with Crippen molar-refractivity contribution < 1.29 is 4.79 Å². The van der Waals surface area contributed by atoms with E-state index in [2.05, 4.69) is 36.4 Å². The fourth-order valence-corrected chi connectivity index (χ4v) is 3.15. The molecule has 0 aliphatic heterocycles. The van der Waals surface area contributed by atoms with Crippen molar-refractivity contribution in [2.75, 3.05) is 5.32 Å². The summed E-state index contributed by atoms with van der Waals surface area (Å²) in [5, 5.41) is 16.0. The average molecular weight is 388 g/mol. The Hall–Kier alpha value is -3.48. The Balaban J connectivity index is 1.65. The van der Waals surface area contributed by atoms with Crippen LogP contribution in [0.4, 0.5) is 5.82 Å². The molecule has 2 aromatic heterocycles. The Morgan fingerprint density at radius 3 is 2.62 bits per heavy atom. The van der Waals surface area contributed by atoms with Gasteiger partial charge in [-0.1, -0.05) is 50.3 Å². The number of carbonyl (C=O) groups excluding carboxylic acids is 1. The molecule has 7 heteroatoms. The number of aromatic nitrogens is 5. The van der Waals surface area contributed by atoms with Gasteiger partial charge in [0.2, 0.25) is 5.91 Å². The molecule has 0 saturated carbocycles. The van der Waals surface area contributed by atoms with Gasteiger partial charge in [-0.3, -0.25) is 4.79 Å². The lowest BCUT2D eigenvalue weighted by molar-refractivity contribution is -0.116. The monoisotopic (exact) mass is 388 g/mol. The number of nitrogens with one attached hydrogen (secondary N) is 1. The highest BCUT2D eigenvalue weighted by molar-refractivity contribution is 5.91. The lowest BCUT2D eigenvalue weighted by atomic mass is 9.92. The molecule has 1 N–H and O–H groups in total. The second kappa shape index (κ2) is 7.16. The zero-order valence-corrected chi connectivity index (χ0v) is 17.0. The minimum absolute atomic E-state index is 0.0738. The first kappa shape index (κ1) is 18.9. The first-order valence-electron chi connectivity index (χ1n) is 9.57. The van der Waals surface area contributed by atoms with E-state index < -0.39 is 0 Å². The Morgan fingerprint density at radius 2 is 1.86 bits per heavy atom. The summed E-state index contributed by atoms with van der Waals surface area (Å²) in [6.45, 7) is 8.41. The molecule has 2 heterocycles. The zero-order chi connectivity index (χ0) is 20.6. The van der Waals surface area contributed by atoms with Crippen molar-refractivity contribution in [2.45, 2.75) is 39.7 Å². The number of nitrogens with zero attached hydrogens (tertiary/aromatic N) is 5. The van der Waals surface area contributed by atoms with E-state index in [0.29, 0.717) is 5.82 Å². The molecule has 0 aliphatic rings. The topological polar surface area (TPSA) is 77.6 Å². The van der Waals surface area contributed by atoms with Crippen LogP contribution in [0.15, 0.2) is 54.6 Å². The molecule has 4 aromatic rings. The number of hydrogen-bond donors (Lipinski definition) is 1. The maximum Gasteiger partial charge on any atom is 0.247 e. The number of carbonyl (C=O) groups is 1. The molecule has 0 unspecified atom stereocenters. The number of fused-ring (bicyclic) bond motifs is 1. The summed E-state index contributed by atoms with van der Waals surface area (Å²) < 4.78 is 3.38. The molecule has 148 valence electrons. The first-order valence-corrected chi connectivity index (χ1v) is 9.57. The smallest absolute Gasteiger partial charge is 0.247 e. The third kappa shape index (κ3) is 3.89. The molecule has 0 spiro atoms. The van der Waals surface area contributed by atoms with Crippen LogP contribution < -0.4 is 5.32 Å². The number of amides is 1. The minimum atomic E-state index is -0.185. The normalized spacial score (nSPS) is 11.7. The highest BCUT2D eigenvalue weighted by Crippen LogP contribution is 2.26. The van der Waals surface area contributed by atoms with Crippen LogP contribution in [0.25, 0.3) is 16.7 Å². The van der Waals surface area contributed by atoms with Gasteiger partial charge in [-0.2, -0.15) is 5.10 Å². The Labute approximate surface area is 169 Å². The van der Waals surface area contributed by atoms with Crippen molar-refractivity contribution in [3.05, 3.63) is 65.9 Å². The van der Waals surface area contributed by atoms with E-state index in [9.17, 15) is 4.79 Å². The fourth-order valence-electron chi connectivity index (χ4n) is 3.15. The fraction of sp³-hybridized carbons (Fsp3) is 0.273. The summed E-state index contributed by atoms with van der Waals surface area (Å²) in [6.07, 6.45) is 0. The van der Waals surface area contributed by atoms with Gasteiger partial charge in [0.25, 0.3) is 0 Å². The predicted molar refractivity (Wildman–Crippen MR) is 113 cm³/mol. The van der Waals surface area contributed by atoms with Crippen molar-refractivity contribution >= 4 is 22.8 Å². The van der Waals surface area contributed by atoms with E-state index in [1.165, 1.54) is 0 Å². The third-order valence-electron chi connectivity index (χ3n) is 4.71. The molecule has 4 rings (SSSR count). The van der Waals surface area contributed by atoms with E-state index in [0.717, 1.165) is 28.0 Å². The average Bonchev–Trinajstić information content (AvgIpc) is 3.26. The summed E-state index contributed by atoms with van der Waals surface area (Å²) in [6, 6.07) is 17.5. The Bertz CT molecular complexity index is 1180. The number of aryl methyl sites for hydroxylation is 1. The van der Waals surface area contributed by atoms with Gasteiger partial charge in [0.15, 0.2) is 0 Å². The third-order valence-corrected chi connectivity index (χ3v) is 4.71. The summed E-state index contributed by atoms with van der Waals surface area (Å²) in [5.41, 5.74) is 4.38. The van der Waals surface area contributed by atoms with Gasteiger partial charge < -0.3 is 5.32 Å². The van der Waals surface area contributed by atoms with Gasteiger partial charge in [0.05, 0.1) is 16.9 Å². The van der Waals surface area contributed by atoms with Gasteiger partial charge in [0.1, 0.15) is 17.9 Å². The van der Waals surface area contributed by atoms with Crippen molar-refractivity contribution in [1.29, 1.82) is 0 Å². The number of rotatable bonds is 4. The van der Waals surface area contributed by atoms with Crippen LogP contribution in [0.3, 0.4) is 0 Å². The van der Waals surface area contributed by atoms with Gasteiger partial charge in [-0.15, -0.1) is 5.10 Å². The van der Waals surface area contributed by atoms with E-state index in [1.807, 2.05) is 61.5 Å². The minimum Gasteiger partial charge on any atom is -0.309 e. The molecule has 0 saturated heterocycles. The summed E-state index contributed by atoms with van der Waals surface area (Å²) >= 11 is 0. The Morgan fingerprint density at radius 1 is 1.07 bits per heavy atom. The highest BCUT2D eigenvalue weighted by atomic mass is 16.2. The quantitative estimate of drug-likeness (QED) is 0.576. The van der Waals surface area contributed by atoms with Crippen LogP contribution in [0.5, 0.6) is 0 Å². The summed E-state index contributed by atoms with van der Waals surface area (Å²) in [5.74, 6) is 0.449. The number of hydrogen-bond acceptors (Lipinski definition) is 4. The van der Waals surface area contributed by atoms with Crippen molar-refractivity contribution in [1.82, 2.24) is 24.8 Å². The molecular formula is C22H24N6O.